The Labute approximate surface area is 138 Å². The third-order valence-electron chi connectivity index (χ3n) is 4.05. The van der Waals surface area contributed by atoms with Crippen LogP contribution in [0.5, 0.6) is 0 Å². The van der Waals surface area contributed by atoms with Gasteiger partial charge in [0.2, 0.25) is 0 Å². The smallest absolute Gasteiger partial charge is 0.125 e. The molecule has 21 heavy (non-hydrogen) atoms. The highest BCUT2D eigenvalue weighted by molar-refractivity contribution is 6.30. The Morgan fingerprint density at radius 3 is 2.52 bits per heavy atom. The molecule has 0 aliphatic carbocycles. The van der Waals surface area contributed by atoms with Crippen molar-refractivity contribution in [3.05, 3.63) is 34.6 Å². The van der Waals surface area contributed by atoms with Crippen molar-refractivity contribution in [2.75, 3.05) is 26.2 Å². The lowest BCUT2D eigenvalue weighted by atomic mass is 9.89. The molecule has 1 fully saturated rings. The van der Waals surface area contributed by atoms with Crippen LogP contribution < -0.4 is 5.32 Å². The zero-order chi connectivity index (χ0) is 14.5. The Kier molecular flexibility index (Phi) is 7.96. The van der Waals surface area contributed by atoms with Gasteiger partial charge in [0.25, 0.3) is 0 Å². The van der Waals surface area contributed by atoms with Gasteiger partial charge in [0.1, 0.15) is 5.82 Å². The van der Waals surface area contributed by atoms with E-state index in [0.29, 0.717) is 10.9 Å². The summed E-state index contributed by atoms with van der Waals surface area (Å²) in [5.41, 5.74) is 1.01. The van der Waals surface area contributed by atoms with Gasteiger partial charge >= 0.3 is 0 Å². The molecule has 1 saturated heterocycles. The first-order valence-electron chi connectivity index (χ1n) is 7.52. The standard InChI is InChI=1S/C16H24ClFN2.ClH/c1-3-4-12(2)16(20-7-5-19-6-8-20)13-9-14(17)11-15(18)10-13;/h9-12,16,19H,3-8H2,1-2H3;1H/t12?,16-;/m1./s1. The van der Waals surface area contributed by atoms with Crippen molar-refractivity contribution in [1.29, 1.82) is 0 Å². The molecule has 1 aliphatic rings. The minimum Gasteiger partial charge on any atom is -0.314 e. The van der Waals surface area contributed by atoms with E-state index in [0.717, 1.165) is 44.6 Å². The lowest BCUT2D eigenvalue weighted by Gasteiger charge is -2.38. The molecule has 120 valence electrons. The number of nitrogens with zero attached hydrogens (tertiary/aromatic N) is 1. The second-order valence-corrected chi connectivity index (χ2v) is 6.14. The highest BCUT2D eigenvalue weighted by Gasteiger charge is 2.27. The first-order valence-corrected chi connectivity index (χ1v) is 7.90. The summed E-state index contributed by atoms with van der Waals surface area (Å²) < 4.78 is 13.7. The molecule has 0 saturated carbocycles. The maximum absolute atomic E-state index is 13.7. The summed E-state index contributed by atoms with van der Waals surface area (Å²) in [7, 11) is 0. The SMILES string of the molecule is CCCC(C)[C@H](c1cc(F)cc(Cl)c1)N1CCNCC1.Cl. The van der Waals surface area contributed by atoms with Crippen LogP contribution in [0.3, 0.4) is 0 Å². The molecular weight excluding hydrogens is 310 g/mol. The number of nitrogens with one attached hydrogen (secondary N) is 1. The summed E-state index contributed by atoms with van der Waals surface area (Å²) in [6.07, 6.45) is 2.29. The molecule has 1 aromatic carbocycles. The van der Waals surface area contributed by atoms with Crippen LogP contribution in [0.15, 0.2) is 18.2 Å². The second kappa shape index (κ2) is 8.94. The van der Waals surface area contributed by atoms with E-state index in [2.05, 4.69) is 24.1 Å². The predicted molar refractivity (Wildman–Crippen MR) is 89.9 cm³/mol. The molecule has 1 aliphatic heterocycles. The summed E-state index contributed by atoms with van der Waals surface area (Å²) in [6, 6.07) is 5.20. The average Bonchev–Trinajstić information content (AvgIpc) is 2.39. The van der Waals surface area contributed by atoms with Gasteiger partial charge in [0, 0.05) is 37.2 Å². The average molecular weight is 335 g/mol. The highest BCUT2D eigenvalue weighted by atomic mass is 35.5. The molecule has 2 rings (SSSR count). The zero-order valence-electron chi connectivity index (χ0n) is 12.7. The van der Waals surface area contributed by atoms with Crippen LogP contribution >= 0.6 is 24.0 Å². The first-order chi connectivity index (χ1) is 9.61. The van der Waals surface area contributed by atoms with Crippen molar-refractivity contribution in [2.24, 2.45) is 5.92 Å². The molecule has 0 amide bonds. The van der Waals surface area contributed by atoms with Crippen LogP contribution in [-0.2, 0) is 0 Å². The topological polar surface area (TPSA) is 15.3 Å². The van der Waals surface area contributed by atoms with Crippen molar-refractivity contribution in [3.8, 4) is 0 Å². The number of benzene rings is 1. The van der Waals surface area contributed by atoms with Crippen LogP contribution in [0.1, 0.15) is 38.3 Å². The molecule has 1 aromatic rings. The fourth-order valence-electron chi connectivity index (χ4n) is 3.22. The van der Waals surface area contributed by atoms with Crippen molar-refractivity contribution < 1.29 is 4.39 Å². The molecule has 1 N–H and O–H groups in total. The van der Waals surface area contributed by atoms with E-state index in [1.165, 1.54) is 6.07 Å². The van der Waals surface area contributed by atoms with Gasteiger partial charge in [-0.05, 0) is 36.1 Å². The van der Waals surface area contributed by atoms with E-state index >= 15 is 0 Å². The Hall–Kier alpha value is -0.350. The predicted octanol–water partition coefficient (Wildman–Crippen LogP) is 4.28. The van der Waals surface area contributed by atoms with Crippen molar-refractivity contribution in [3.63, 3.8) is 0 Å². The van der Waals surface area contributed by atoms with E-state index in [-0.39, 0.29) is 24.3 Å². The minimum atomic E-state index is -0.240. The normalized spacial score (nSPS) is 18.9. The second-order valence-electron chi connectivity index (χ2n) is 5.70. The van der Waals surface area contributed by atoms with E-state index in [1.807, 2.05) is 6.07 Å². The Morgan fingerprint density at radius 2 is 1.95 bits per heavy atom. The zero-order valence-corrected chi connectivity index (χ0v) is 14.3. The lowest BCUT2D eigenvalue weighted by Crippen LogP contribution is -2.46. The molecule has 0 bridgehead atoms. The quantitative estimate of drug-likeness (QED) is 0.864. The molecule has 0 radical (unpaired) electrons. The molecule has 0 aromatic heterocycles. The van der Waals surface area contributed by atoms with E-state index < -0.39 is 0 Å². The monoisotopic (exact) mass is 334 g/mol. The van der Waals surface area contributed by atoms with E-state index in [1.54, 1.807) is 6.07 Å². The molecule has 2 nitrogen and oxygen atoms in total. The van der Waals surface area contributed by atoms with Crippen molar-refractivity contribution >= 4 is 24.0 Å². The highest BCUT2D eigenvalue weighted by Crippen LogP contribution is 2.33. The number of hydrogen-bond acceptors (Lipinski definition) is 2. The lowest BCUT2D eigenvalue weighted by molar-refractivity contribution is 0.126. The Balaban J connectivity index is 0.00000220. The number of hydrogen-bond donors (Lipinski definition) is 1. The third kappa shape index (κ3) is 5.10. The third-order valence-corrected chi connectivity index (χ3v) is 4.27. The largest absolute Gasteiger partial charge is 0.314 e. The fourth-order valence-corrected chi connectivity index (χ4v) is 3.45. The Morgan fingerprint density at radius 1 is 1.29 bits per heavy atom. The van der Waals surface area contributed by atoms with Gasteiger partial charge in [-0.2, -0.15) is 0 Å². The maximum Gasteiger partial charge on any atom is 0.125 e. The summed E-state index contributed by atoms with van der Waals surface area (Å²) in [5.74, 6) is 0.257. The summed E-state index contributed by atoms with van der Waals surface area (Å²) in [6.45, 7) is 8.47. The van der Waals surface area contributed by atoms with Gasteiger partial charge in [0.15, 0.2) is 0 Å². The van der Waals surface area contributed by atoms with Gasteiger partial charge in [0.05, 0.1) is 0 Å². The number of rotatable bonds is 5. The summed E-state index contributed by atoms with van der Waals surface area (Å²) in [4.78, 5) is 2.46. The molecule has 2 atom stereocenters. The van der Waals surface area contributed by atoms with Gasteiger partial charge in [-0.3, -0.25) is 4.90 Å². The van der Waals surface area contributed by atoms with Gasteiger partial charge in [-0.15, -0.1) is 12.4 Å². The molecule has 1 unspecified atom stereocenters. The maximum atomic E-state index is 13.7. The van der Waals surface area contributed by atoms with Crippen LogP contribution in [-0.4, -0.2) is 31.1 Å². The molecule has 0 spiro atoms. The van der Waals surface area contributed by atoms with Crippen molar-refractivity contribution in [1.82, 2.24) is 10.2 Å². The van der Waals surface area contributed by atoms with E-state index in [4.69, 9.17) is 11.6 Å². The first kappa shape index (κ1) is 18.7. The van der Waals surface area contributed by atoms with Crippen LogP contribution in [0.2, 0.25) is 5.02 Å². The van der Waals surface area contributed by atoms with Crippen LogP contribution in [0.4, 0.5) is 4.39 Å². The molecular formula is C16H25Cl2FN2. The number of piperazine rings is 1. The summed E-state index contributed by atoms with van der Waals surface area (Å²) >= 11 is 6.04. The Bertz CT molecular complexity index is 416. The molecule has 5 heteroatoms. The van der Waals surface area contributed by atoms with Crippen molar-refractivity contribution in [2.45, 2.75) is 32.7 Å². The van der Waals surface area contributed by atoms with Gasteiger partial charge in [-0.25, -0.2) is 4.39 Å². The van der Waals surface area contributed by atoms with Gasteiger partial charge in [-0.1, -0.05) is 31.9 Å². The van der Waals surface area contributed by atoms with Gasteiger partial charge < -0.3 is 5.32 Å². The number of halogens is 3. The van der Waals surface area contributed by atoms with Crippen LogP contribution in [0.25, 0.3) is 0 Å². The fraction of sp³-hybridized carbons (Fsp3) is 0.625. The van der Waals surface area contributed by atoms with E-state index in [9.17, 15) is 4.39 Å². The minimum absolute atomic E-state index is 0. The molecule has 1 heterocycles. The summed E-state index contributed by atoms with van der Waals surface area (Å²) in [5, 5.41) is 3.86. The van der Waals surface area contributed by atoms with Crippen LogP contribution in [0, 0.1) is 11.7 Å².